The predicted molar refractivity (Wildman–Crippen MR) is 65.1 cm³/mol. The van der Waals surface area contributed by atoms with Crippen molar-refractivity contribution >= 4 is 0 Å². The van der Waals surface area contributed by atoms with Gasteiger partial charge in [0.2, 0.25) is 0 Å². The van der Waals surface area contributed by atoms with Gasteiger partial charge in [0, 0.05) is 13.1 Å². The van der Waals surface area contributed by atoms with Gasteiger partial charge in [-0.05, 0) is 71.1 Å². The molecule has 0 aromatic heterocycles. The van der Waals surface area contributed by atoms with Crippen LogP contribution in [-0.2, 0) is 0 Å². The number of piperidine rings is 2. The smallest absolute Gasteiger partial charge is 0.000672 e. The Labute approximate surface area is 94.6 Å². The Balaban J connectivity index is 1.75. The molecule has 0 radical (unpaired) electrons. The van der Waals surface area contributed by atoms with Crippen LogP contribution < -0.4 is 0 Å². The van der Waals surface area contributed by atoms with Crippen molar-refractivity contribution in [3.05, 3.63) is 0 Å². The van der Waals surface area contributed by atoms with Crippen LogP contribution in [0.1, 0.15) is 32.1 Å². The van der Waals surface area contributed by atoms with Gasteiger partial charge in [-0.2, -0.15) is 0 Å². The lowest BCUT2D eigenvalue weighted by molar-refractivity contribution is 0.143. The van der Waals surface area contributed by atoms with Crippen molar-refractivity contribution < 1.29 is 0 Å². The van der Waals surface area contributed by atoms with Gasteiger partial charge >= 0.3 is 0 Å². The van der Waals surface area contributed by atoms with E-state index in [0.29, 0.717) is 0 Å². The van der Waals surface area contributed by atoms with Crippen molar-refractivity contribution in [2.75, 3.05) is 40.3 Å². The fourth-order valence-corrected chi connectivity index (χ4v) is 3.40. The molecular weight excluding hydrogens is 184 g/mol. The molecule has 2 aliphatic rings. The summed E-state index contributed by atoms with van der Waals surface area (Å²) < 4.78 is 0. The van der Waals surface area contributed by atoms with Crippen molar-refractivity contribution in [2.45, 2.75) is 32.1 Å². The molecule has 88 valence electrons. The van der Waals surface area contributed by atoms with Crippen molar-refractivity contribution in [1.29, 1.82) is 0 Å². The van der Waals surface area contributed by atoms with Gasteiger partial charge in [0.1, 0.15) is 0 Å². The van der Waals surface area contributed by atoms with E-state index in [9.17, 15) is 0 Å². The molecule has 2 fully saturated rings. The van der Waals surface area contributed by atoms with Gasteiger partial charge < -0.3 is 9.80 Å². The Morgan fingerprint density at radius 2 is 1.33 bits per heavy atom. The third kappa shape index (κ3) is 3.46. The standard InChI is InChI=1S/C13H26N2/c1-14-7-3-5-12(10-14)9-13-6-4-8-15(2)11-13/h12-13H,3-11H2,1-2H3. The number of rotatable bonds is 2. The van der Waals surface area contributed by atoms with E-state index in [-0.39, 0.29) is 0 Å². The van der Waals surface area contributed by atoms with Crippen LogP contribution in [0.2, 0.25) is 0 Å². The molecule has 2 nitrogen and oxygen atoms in total. The topological polar surface area (TPSA) is 6.48 Å². The van der Waals surface area contributed by atoms with Crippen molar-refractivity contribution in [1.82, 2.24) is 9.80 Å². The lowest BCUT2D eigenvalue weighted by atomic mass is 9.84. The van der Waals surface area contributed by atoms with E-state index in [0.717, 1.165) is 11.8 Å². The van der Waals surface area contributed by atoms with Crippen LogP contribution in [0.3, 0.4) is 0 Å². The Morgan fingerprint density at radius 3 is 1.73 bits per heavy atom. The summed E-state index contributed by atoms with van der Waals surface area (Å²) in [6.45, 7) is 5.34. The molecule has 2 heterocycles. The monoisotopic (exact) mass is 210 g/mol. The second kappa shape index (κ2) is 5.31. The van der Waals surface area contributed by atoms with Gasteiger partial charge in [0.15, 0.2) is 0 Å². The maximum atomic E-state index is 2.51. The zero-order valence-corrected chi connectivity index (χ0v) is 10.4. The molecule has 2 heteroatoms. The largest absolute Gasteiger partial charge is 0.306 e. The molecule has 0 aliphatic carbocycles. The third-order valence-corrected chi connectivity index (χ3v) is 4.11. The Bertz CT molecular complexity index is 173. The molecule has 0 bridgehead atoms. The van der Waals surface area contributed by atoms with Crippen LogP contribution in [0.5, 0.6) is 0 Å². The van der Waals surface area contributed by atoms with Crippen LogP contribution in [0, 0.1) is 11.8 Å². The normalized spacial score (nSPS) is 35.6. The van der Waals surface area contributed by atoms with Crippen LogP contribution in [-0.4, -0.2) is 50.1 Å². The number of nitrogens with zero attached hydrogens (tertiary/aromatic N) is 2. The lowest BCUT2D eigenvalue weighted by Gasteiger charge is -2.35. The molecule has 0 spiro atoms. The van der Waals surface area contributed by atoms with Gasteiger partial charge in [0.25, 0.3) is 0 Å². The van der Waals surface area contributed by atoms with Gasteiger partial charge in [-0.25, -0.2) is 0 Å². The first-order valence-electron chi connectivity index (χ1n) is 6.61. The van der Waals surface area contributed by atoms with E-state index in [1.54, 1.807) is 0 Å². The highest BCUT2D eigenvalue weighted by molar-refractivity contribution is 4.77. The highest BCUT2D eigenvalue weighted by Gasteiger charge is 2.23. The number of hydrogen-bond acceptors (Lipinski definition) is 2. The summed E-state index contributed by atoms with van der Waals surface area (Å²) in [5.41, 5.74) is 0. The zero-order valence-electron chi connectivity index (χ0n) is 10.4. The van der Waals surface area contributed by atoms with E-state index >= 15 is 0 Å². The second-order valence-corrected chi connectivity index (χ2v) is 5.78. The minimum absolute atomic E-state index is 0.986. The lowest BCUT2D eigenvalue weighted by Crippen LogP contribution is -2.37. The van der Waals surface area contributed by atoms with E-state index < -0.39 is 0 Å². The van der Waals surface area contributed by atoms with Crippen LogP contribution in [0.25, 0.3) is 0 Å². The summed E-state index contributed by atoms with van der Waals surface area (Å²) in [7, 11) is 4.55. The maximum Gasteiger partial charge on any atom is 0.000672 e. The molecule has 2 atom stereocenters. The molecule has 2 saturated heterocycles. The first-order valence-corrected chi connectivity index (χ1v) is 6.61. The van der Waals surface area contributed by atoms with E-state index in [1.807, 2.05) is 0 Å². The summed E-state index contributed by atoms with van der Waals surface area (Å²) in [6, 6.07) is 0. The summed E-state index contributed by atoms with van der Waals surface area (Å²) in [4.78, 5) is 5.03. The second-order valence-electron chi connectivity index (χ2n) is 5.78. The maximum absolute atomic E-state index is 2.51. The highest BCUT2D eigenvalue weighted by atomic mass is 15.1. The predicted octanol–water partition coefficient (Wildman–Crippen LogP) is 2.06. The first-order chi connectivity index (χ1) is 7.24. The highest BCUT2D eigenvalue weighted by Crippen LogP contribution is 2.27. The summed E-state index contributed by atoms with van der Waals surface area (Å²) in [5.74, 6) is 1.97. The SMILES string of the molecule is CN1CCCC(CC2CCCN(C)C2)C1. The fourth-order valence-electron chi connectivity index (χ4n) is 3.40. The quantitative estimate of drug-likeness (QED) is 0.688. The Kier molecular flexibility index (Phi) is 4.04. The Hall–Kier alpha value is -0.0800. The minimum Gasteiger partial charge on any atom is -0.306 e. The fraction of sp³-hybridized carbons (Fsp3) is 1.00. The average molecular weight is 210 g/mol. The van der Waals surface area contributed by atoms with Gasteiger partial charge in [-0.1, -0.05) is 0 Å². The average Bonchev–Trinajstić information content (AvgIpc) is 2.17. The minimum atomic E-state index is 0.986. The van der Waals surface area contributed by atoms with Crippen LogP contribution in [0.4, 0.5) is 0 Å². The molecule has 2 aliphatic heterocycles. The summed E-state index contributed by atoms with van der Waals surface area (Å²) in [5, 5.41) is 0. The molecule has 0 amide bonds. The zero-order chi connectivity index (χ0) is 10.7. The van der Waals surface area contributed by atoms with E-state index in [4.69, 9.17) is 0 Å². The number of hydrogen-bond donors (Lipinski definition) is 0. The van der Waals surface area contributed by atoms with Crippen molar-refractivity contribution in [3.63, 3.8) is 0 Å². The van der Waals surface area contributed by atoms with Gasteiger partial charge in [-0.3, -0.25) is 0 Å². The van der Waals surface area contributed by atoms with Gasteiger partial charge in [0.05, 0.1) is 0 Å². The van der Waals surface area contributed by atoms with Crippen LogP contribution >= 0.6 is 0 Å². The van der Waals surface area contributed by atoms with Crippen molar-refractivity contribution in [3.8, 4) is 0 Å². The molecule has 15 heavy (non-hydrogen) atoms. The molecule has 2 unspecified atom stereocenters. The van der Waals surface area contributed by atoms with Gasteiger partial charge in [-0.15, -0.1) is 0 Å². The molecule has 0 aromatic carbocycles. The molecular formula is C13H26N2. The van der Waals surface area contributed by atoms with E-state index in [1.165, 1.54) is 58.3 Å². The third-order valence-electron chi connectivity index (χ3n) is 4.11. The molecule has 0 aromatic rings. The molecule has 2 rings (SSSR count). The Morgan fingerprint density at radius 1 is 0.867 bits per heavy atom. The van der Waals surface area contributed by atoms with E-state index in [2.05, 4.69) is 23.9 Å². The molecule has 0 N–H and O–H groups in total. The summed E-state index contributed by atoms with van der Waals surface area (Å²) >= 11 is 0. The van der Waals surface area contributed by atoms with Crippen LogP contribution in [0.15, 0.2) is 0 Å². The van der Waals surface area contributed by atoms with Crippen molar-refractivity contribution in [2.24, 2.45) is 11.8 Å². The number of likely N-dealkylation sites (tertiary alicyclic amines) is 2. The molecule has 0 saturated carbocycles. The summed E-state index contributed by atoms with van der Waals surface area (Å²) in [6.07, 6.45) is 7.28. The first kappa shape index (κ1) is 11.4.